The number of amides is 5. The number of pyridine rings is 1. The second-order valence-corrected chi connectivity index (χ2v) is 21.3. The number of hydrogen-bond acceptors (Lipinski definition) is 14. The minimum absolute atomic E-state index is 0.0475. The van der Waals surface area contributed by atoms with Gasteiger partial charge in [-0.3, -0.25) is 39.2 Å². The minimum atomic E-state index is -0.654. The molecule has 4 fully saturated rings. The van der Waals surface area contributed by atoms with Crippen LogP contribution in [0.2, 0.25) is 0 Å². The van der Waals surface area contributed by atoms with E-state index in [0.717, 1.165) is 82.9 Å². The lowest BCUT2D eigenvalue weighted by atomic mass is 9.73. The Morgan fingerprint density at radius 2 is 1.74 bits per heavy atom. The molecule has 70 heavy (non-hydrogen) atoms. The molecule has 4 saturated heterocycles. The molecule has 8 heterocycles. The van der Waals surface area contributed by atoms with E-state index in [2.05, 4.69) is 57.2 Å². The van der Waals surface area contributed by atoms with Crippen LogP contribution in [-0.4, -0.2) is 143 Å². The molecule has 0 radical (unpaired) electrons. The lowest BCUT2D eigenvalue weighted by Crippen LogP contribution is -2.52. The first-order valence-electron chi connectivity index (χ1n) is 24.5. The summed E-state index contributed by atoms with van der Waals surface area (Å²) in [5.74, 6) is -0.218. The van der Waals surface area contributed by atoms with E-state index >= 15 is 0 Å². The van der Waals surface area contributed by atoms with Crippen LogP contribution in [0.1, 0.15) is 84.8 Å². The zero-order valence-corrected chi connectivity index (χ0v) is 40.9. The van der Waals surface area contributed by atoms with Crippen LogP contribution in [0.25, 0.3) is 5.57 Å². The number of aromatic nitrogens is 3. The molecular formula is C52H61N11O6S. The van der Waals surface area contributed by atoms with Gasteiger partial charge in [0.15, 0.2) is 0 Å². The van der Waals surface area contributed by atoms with Crippen molar-refractivity contribution < 1.29 is 28.7 Å². The van der Waals surface area contributed by atoms with Gasteiger partial charge in [0.05, 0.1) is 25.1 Å². The second kappa shape index (κ2) is 19.5. The number of carbonyl (C=O) groups is 5. The first-order chi connectivity index (χ1) is 33.7. The van der Waals surface area contributed by atoms with Gasteiger partial charge in [-0.25, -0.2) is 9.97 Å². The van der Waals surface area contributed by atoms with Crippen LogP contribution in [-0.2, 0) is 25.7 Å². The Kier molecular flexibility index (Phi) is 13.2. The highest BCUT2D eigenvalue weighted by molar-refractivity contribution is 7.99. The van der Waals surface area contributed by atoms with Crippen molar-refractivity contribution >= 4 is 64.1 Å². The van der Waals surface area contributed by atoms with E-state index in [1.165, 1.54) is 11.8 Å². The molecule has 3 atom stereocenters. The molecule has 6 aliphatic heterocycles. The Morgan fingerprint density at radius 1 is 0.929 bits per heavy atom. The fourth-order valence-corrected chi connectivity index (χ4v) is 11.9. The summed E-state index contributed by atoms with van der Waals surface area (Å²) in [6.07, 6.45) is 10.6. The van der Waals surface area contributed by atoms with Gasteiger partial charge < -0.3 is 35.4 Å². The van der Waals surface area contributed by atoms with E-state index in [4.69, 9.17) is 20.4 Å². The molecule has 17 nitrogen and oxygen atoms in total. The Balaban J connectivity index is 0.668. The summed E-state index contributed by atoms with van der Waals surface area (Å²) in [7, 11) is 0. The fraction of sp³-hybridized carbons (Fsp3) is 0.462. The number of anilines is 3. The zero-order valence-electron chi connectivity index (χ0n) is 40.1. The Labute approximate surface area is 412 Å². The lowest BCUT2D eigenvalue weighted by molar-refractivity contribution is -0.137. The van der Waals surface area contributed by atoms with Gasteiger partial charge in [-0.05, 0) is 85.4 Å². The van der Waals surface area contributed by atoms with Crippen molar-refractivity contribution in [3.8, 4) is 0 Å². The molecule has 0 bridgehead atoms. The van der Waals surface area contributed by atoms with Crippen LogP contribution in [0.5, 0.6) is 0 Å². The lowest BCUT2D eigenvalue weighted by Gasteiger charge is -2.41. The molecule has 1 spiro atoms. The number of ether oxygens (including phenoxy) is 1. The zero-order chi connectivity index (χ0) is 48.7. The van der Waals surface area contributed by atoms with Gasteiger partial charge in [0.1, 0.15) is 22.6 Å². The van der Waals surface area contributed by atoms with Crippen molar-refractivity contribution in [3.63, 3.8) is 0 Å². The molecule has 366 valence electrons. The average molecular weight is 968 g/mol. The maximum absolute atomic E-state index is 13.6. The predicted molar refractivity (Wildman–Crippen MR) is 266 cm³/mol. The number of fused-ring (bicyclic) bond motifs is 1. The third-order valence-electron chi connectivity index (χ3n) is 15.2. The van der Waals surface area contributed by atoms with Crippen LogP contribution >= 0.6 is 11.8 Å². The van der Waals surface area contributed by atoms with Crippen molar-refractivity contribution in [1.82, 2.24) is 35.0 Å². The second-order valence-electron chi connectivity index (χ2n) is 20.2. The molecule has 4 N–H and O–H groups in total. The number of piperazine rings is 1. The normalized spacial score (nSPS) is 23.3. The molecule has 2 aromatic heterocycles. The highest BCUT2D eigenvalue weighted by Crippen LogP contribution is 2.42. The summed E-state index contributed by atoms with van der Waals surface area (Å²) < 4.78 is 5.88. The number of nitrogens with zero attached hydrogens (tertiary/aromatic N) is 8. The number of hydrogen-bond donors (Lipinski definition) is 3. The summed E-state index contributed by atoms with van der Waals surface area (Å²) in [5.41, 5.74) is 12.0. The summed E-state index contributed by atoms with van der Waals surface area (Å²) in [6.45, 7) is 13.6. The number of imide groups is 1. The first-order valence-corrected chi connectivity index (χ1v) is 25.3. The van der Waals surface area contributed by atoms with Crippen molar-refractivity contribution in [2.75, 3.05) is 80.6 Å². The van der Waals surface area contributed by atoms with E-state index in [1.807, 2.05) is 71.9 Å². The van der Waals surface area contributed by atoms with Crippen molar-refractivity contribution in [2.24, 2.45) is 16.6 Å². The smallest absolute Gasteiger partial charge is 0.272 e. The Bertz CT molecular complexity index is 2700. The SMILES string of the molecule is C[C@@H]1OCC2(CCN(c3cnc(Sc4cccc(NC(=O)CCN5CC=C(c6ccc(C(=O)N7CCN(c8ccc9c(c8)CN(C8CCC(=O)NC8=O)C9=O)CC7)nc6)C(C)(C)C5)c4)cn3)CC2)[C@@H]1N. The fourth-order valence-electron chi connectivity index (χ4n) is 11.1. The van der Waals surface area contributed by atoms with E-state index in [1.54, 1.807) is 11.1 Å². The highest BCUT2D eigenvalue weighted by atomic mass is 32.2. The van der Waals surface area contributed by atoms with Crippen molar-refractivity contribution in [2.45, 2.75) is 87.5 Å². The highest BCUT2D eigenvalue weighted by Gasteiger charge is 2.48. The molecule has 18 heteroatoms. The molecule has 5 amide bonds. The number of rotatable bonds is 11. The van der Waals surface area contributed by atoms with E-state index < -0.39 is 11.9 Å². The third-order valence-corrected chi connectivity index (χ3v) is 16.1. The molecule has 0 saturated carbocycles. The van der Waals surface area contributed by atoms with Crippen LogP contribution in [0.15, 0.2) is 89.2 Å². The van der Waals surface area contributed by atoms with Gasteiger partial charge in [-0.15, -0.1) is 0 Å². The average Bonchev–Trinajstić information content (AvgIpc) is 3.83. The van der Waals surface area contributed by atoms with Gasteiger partial charge in [0.2, 0.25) is 17.7 Å². The summed E-state index contributed by atoms with van der Waals surface area (Å²) in [4.78, 5) is 89.4. The van der Waals surface area contributed by atoms with Crippen LogP contribution < -0.4 is 26.2 Å². The van der Waals surface area contributed by atoms with E-state index in [0.29, 0.717) is 69.9 Å². The number of nitrogens with one attached hydrogen (secondary N) is 2. The van der Waals surface area contributed by atoms with Gasteiger partial charge >= 0.3 is 0 Å². The molecule has 10 rings (SSSR count). The molecule has 2 aromatic carbocycles. The van der Waals surface area contributed by atoms with Crippen LogP contribution in [0.4, 0.5) is 17.2 Å². The van der Waals surface area contributed by atoms with E-state index in [-0.39, 0.29) is 53.0 Å². The van der Waals surface area contributed by atoms with Gasteiger partial charge in [0, 0.05) is 123 Å². The van der Waals surface area contributed by atoms with Crippen molar-refractivity contribution in [1.29, 1.82) is 0 Å². The Hall–Kier alpha value is -6.21. The monoisotopic (exact) mass is 967 g/mol. The van der Waals surface area contributed by atoms with Gasteiger partial charge in [0.25, 0.3) is 11.8 Å². The largest absolute Gasteiger partial charge is 0.376 e. The van der Waals surface area contributed by atoms with Gasteiger partial charge in [-0.1, -0.05) is 43.8 Å². The van der Waals surface area contributed by atoms with Crippen molar-refractivity contribution in [3.05, 3.63) is 102 Å². The van der Waals surface area contributed by atoms with Crippen LogP contribution in [0, 0.1) is 10.8 Å². The third kappa shape index (κ3) is 9.78. The number of piperidine rings is 2. The quantitative estimate of drug-likeness (QED) is 0.173. The topological polar surface area (TPSA) is 200 Å². The maximum Gasteiger partial charge on any atom is 0.272 e. The number of benzene rings is 2. The summed E-state index contributed by atoms with van der Waals surface area (Å²) >= 11 is 1.51. The summed E-state index contributed by atoms with van der Waals surface area (Å²) in [5, 5.41) is 6.22. The van der Waals surface area contributed by atoms with Crippen LogP contribution in [0.3, 0.4) is 0 Å². The Morgan fingerprint density at radius 3 is 2.44 bits per heavy atom. The first kappa shape index (κ1) is 47.5. The van der Waals surface area contributed by atoms with E-state index in [9.17, 15) is 24.0 Å². The number of carbonyl (C=O) groups excluding carboxylic acids is 5. The van der Waals surface area contributed by atoms with Gasteiger partial charge in [-0.2, -0.15) is 0 Å². The molecule has 0 aliphatic carbocycles. The predicted octanol–water partition coefficient (Wildman–Crippen LogP) is 4.83. The molecule has 1 unspecified atom stereocenters. The standard InChI is InChI=1S/C52H61N11O6S/c1-33-47(53)52(32-69-33)15-19-61(20-16-52)43-28-56-46(29-55-43)70-38-6-4-5-36(26-38)57-45(65)14-18-59-17-13-40(51(2,3)31-59)34-7-10-41(54-27-34)50(68)62-23-21-60(22-24-62)37-8-9-39-35(25-37)30-63(49(39)67)42-11-12-44(64)58-48(42)66/h4-10,13,25-29,33,42,47H,11-12,14-24,30-32,53H2,1-3H3,(H,57,65)(H,58,64,66)/t33-,42?,47+/m0/s1. The molecule has 4 aromatic rings. The number of nitrogens with two attached hydrogens (primary N) is 1. The molecular weight excluding hydrogens is 907 g/mol. The summed E-state index contributed by atoms with van der Waals surface area (Å²) in [6, 6.07) is 16.8. The molecule has 6 aliphatic rings. The maximum atomic E-state index is 13.6. The minimum Gasteiger partial charge on any atom is -0.376 e.